The van der Waals surface area contributed by atoms with Crippen LogP contribution in [0.2, 0.25) is 0 Å². The largest absolute Gasteiger partial charge is 0.453 e. The molecule has 0 bridgehead atoms. The van der Waals surface area contributed by atoms with Gasteiger partial charge in [0.15, 0.2) is 0 Å². The minimum absolute atomic E-state index is 0.0862. The summed E-state index contributed by atoms with van der Waals surface area (Å²) in [6, 6.07) is 3.89. The fourth-order valence-corrected chi connectivity index (χ4v) is 4.45. The van der Waals surface area contributed by atoms with Gasteiger partial charge in [0.2, 0.25) is 5.91 Å². The predicted octanol–water partition coefficient (Wildman–Crippen LogP) is 2.40. The highest BCUT2D eigenvalue weighted by Gasteiger charge is 2.35. The zero-order valence-corrected chi connectivity index (χ0v) is 15.7. The smallest absolute Gasteiger partial charge is 0.410 e. The van der Waals surface area contributed by atoms with Crippen molar-refractivity contribution in [1.29, 1.82) is 0 Å². The Morgan fingerprint density at radius 1 is 1.16 bits per heavy atom. The number of hydrogen-bond acceptors (Lipinski definition) is 5. The van der Waals surface area contributed by atoms with Crippen molar-refractivity contribution < 1.29 is 14.3 Å². The second-order valence-electron chi connectivity index (χ2n) is 6.71. The molecular formula is C18H27N3O3S. The minimum Gasteiger partial charge on any atom is -0.453 e. The Hall–Kier alpha value is -1.60. The minimum atomic E-state index is -0.382. The molecule has 25 heavy (non-hydrogen) atoms. The molecule has 2 saturated heterocycles. The van der Waals surface area contributed by atoms with Crippen molar-refractivity contribution >= 4 is 23.3 Å². The lowest BCUT2D eigenvalue weighted by Crippen LogP contribution is -2.53. The van der Waals surface area contributed by atoms with Gasteiger partial charge in [0, 0.05) is 44.1 Å². The molecule has 6 nitrogen and oxygen atoms in total. The summed E-state index contributed by atoms with van der Waals surface area (Å²) in [5.41, 5.74) is 0. The number of hydrogen-bond donors (Lipinski definition) is 0. The zero-order chi connectivity index (χ0) is 17.6. The zero-order valence-electron chi connectivity index (χ0n) is 14.9. The van der Waals surface area contributed by atoms with Gasteiger partial charge in [-0.2, -0.15) is 0 Å². The van der Waals surface area contributed by atoms with Crippen molar-refractivity contribution in [3.05, 3.63) is 22.4 Å². The monoisotopic (exact) mass is 365 g/mol. The van der Waals surface area contributed by atoms with Crippen LogP contribution in [0.4, 0.5) is 4.79 Å². The number of carbonyl (C=O) groups is 2. The van der Waals surface area contributed by atoms with Crippen LogP contribution < -0.4 is 0 Å². The van der Waals surface area contributed by atoms with E-state index < -0.39 is 0 Å². The number of nitrogens with zero attached hydrogens (tertiary/aromatic N) is 3. The van der Waals surface area contributed by atoms with E-state index in [9.17, 15) is 9.59 Å². The van der Waals surface area contributed by atoms with Crippen molar-refractivity contribution in [2.75, 3.05) is 39.8 Å². The second kappa shape index (κ2) is 8.67. The van der Waals surface area contributed by atoms with Gasteiger partial charge >= 0.3 is 6.09 Å². The number of thiophene rings is 1. The molecule has 0 spiro atoms. The highest BCUT2D eigenvalue weighted by atomic mass is 32.1. The van der Waals surface area contributed by atoms with E-state index in [2.05, 4.69) is 22.4 Å². The third kappa shape index (κ3) is 4.52. The summed E-state index contributed by atoms with van der Waals surface area (Å²) in [7, 11) is 1.38. The lowest BCUT2D eigenvalue weighted by Gasteiger charge is -2.36. The molecule has 3 rings (SSSR count). The van der Waals surface area contributed by atoms with Gasteiger partial charge in [-0.25, -0.2) is 4.79 Å². The fourth-order valence-electron chi connectivity index (χ4n) is 3.71. The molecule has 2 aliphatic heterocycles. The summed E-state index contributed by atoms with van der Waals surface area (Å²) in [6.07, 6.45) is 3.26. The average Bonchev–Trinajstić information content (AvgIpc) is 3.05. The first-order valence-electron chi connectivity index (χ1n) is 9.07. The van der Waals surface area contributed by atoms with E-state index in [1.165, 1.54) is 12.0 Å². The standard InChI is InChI=1S/C18H27N3O3S/c1-24-18(23)21-10-3-2-7-16(21)17(22)20-9-5-8-19(11-12-20)14-15-6-4-13-25-15/h4,6,13,16H,2-3,5,7-12,14H2,1H3. The number of piperidine rings is 1. The summed E-state index contributed by atoms with van der Waals surface area (Å²) in [4.78, 5) is 32.3. The first-order valence-corrected chi connectivity index (χ1v) is 9.95. The number of likely N-dealkylation sites (tertiary alicyclic amines) is 1. The van der Waals surface area contributed by atoms with Crippen molar-refractivity contribution in [2.45, 2.75) is 38.3 Å². The molecule has 0 aromatic carbocycles. The van der Waals surface area contributed by atoms with Crippen molar-refractivity contribution in [2.24, 2.45) is 0 Å². The van der Waals surface area contributed by atoms with E-state index in [1.54, 1.807) is 16.2 Å². The van der Waals surface area contributed by atoms with Crippen LogP contribution in [0.1, 0.15) is 30.6 Å². The molecule has 1 unspecified atom stereocenters. The van der Waals surface area contributed by atoms with Crippen LogP contribution in [0.25, 0.3) is 0 Å². The van der Waals surface area contributed by atoms with Crippen LogP contribution in [-0.2, 0) is 16.1 Å². The van der Waals surface area contributed by atoms with Gasteiger partial charge < -0.3 is 9.64 Å². The Bertz CT molecular complexity index is 578. The summed E-state index contributed by atoms with van der Waals surface area (Å²) < 4.78 is 4.87. The maximum absolute atomic E-state index is 13.0. The van der Waals surface area contributed by atoms with Crippen LogP contribution in [0, 0.1) is 0 Å². The maximum Gasteiger partial charge on any atom is 0.410 e. The van der Waals surface area contributed by atoms with E-state index in [1.807, 2.05) is 4.90 Å². The molecule has 1 aromatic heterocycles. The molecule has 0 saturated carbocycles. The Morgan fingerprint density at radius 3 is 2.80 bits per heavy atom. The Morgan fingerprint density at radius 2 is 2.04 bits per heavy atom. The number of methoxy groups -OCH3 is 1. The van der Waals surface area contributed by atoms with Gasteiger partial charge in [0.25, 0.3) is 0 Å². The first-order chi connectivity index (χ1) is 12.2. The molecule has 1 atom stereocenters. The van der Waals surface area contributed by atoms with Gasteiger partial charge in [0.05, 0.1) is 7.11 Å². The molecule has 2 fully saturated rings. The Balaban J connectivity index is 1.59. The molecule has 0 N–H and O–H groups in total. The molecule has 138 valence electrons. The van der Waals surface area contributed by atoms with Gasteiger partial charge in [0.1, 0.15) is 6.04 Å². The lowest BCUT2D eigenvalue weighted by atomic mass is 10.0. The number of rotatable bonds is 3. The van der Waals surface area contributed by atoms with Gasteiger partial charge in [-0.15, -0.1) is 11.3 Å². The van der Waals surface area contributed by atoms with Crippen LogP contribution in [-0.4, -0.2) is 72.6 Å². The lowest BCUT2D eigenvalue weighted by molar-refractivity contribution is -0.137. The highest BCUT2D eigenvalue weighted by molar-refractivity contribution is 7.09. The molecule has 2 aliphatic rings. The highest BCUT2D eigenvalue weighted by Crippen LogP contribution is 2.21. The summed E-state index contributed by atoms with van der Waals surface area (Å²) in [5, 5.41) is 2.10. The van der Waals surface area contributed by atoms with Gasteiger partial charge in [-0.1, -0.05) is 6.07 Å². The summed E-state index contributed by atoms with van der Waals surface area (Å²) in [6.45, 7) is 4.96. The van der Waals surface area contributed by atoms with Crippen molar-refractivity contribution in [3.63, 3.8) is 0 Å². The maximum atomic E-state index is 13.0. The average molecular weight is 365 g/mol. The SMILES string of the molecule is COC(=O)N1CCCCC1C(=O)N1CCCN(Cc2cccs2)CC1. The molecule has 0 aliphatic carbocycles. The van der Waals surface area contributed by atoms with E-state index in [-0.39, 0.29) is 18.0 Å². The fraction of sp³-hybridized carbons (Fsp3) is 0.667. The molecule has 1 aromatic rings. The first kappa shape index (κ1) is 18.2. The van der Waals surface area contributed by atoms with Gasteiger partial charge in [-0.05, 0) is 37.1 Å². The number of ether oxygens (including phenoxy) is 1. The molecule has 0 radical (unpaired) electrons. The number of amides is 2. The van der Waals surface area contributed by atoms with Crippen LogP contribution in [0.5, 0.6) is 0 Å². The Labute approximate surface area is 153 Å². The summed E-state index contributed by atoms with van der Waals surface area (Å²) in [5.74, 6) is 0.0862. The topological polar surface area (TPSA) is 53.1 Å². The van der Waals surface area contributed by atoms with E-state index >= 15 is 0 Å². The van der Waals surface area contributed by atoms with E-state index in [0.717, 1.165) is 58.4 Å². The van der Waals surface area contributed by atoms with Crippen molar-refractivity contribution in [3.8, 4) is 0 Å². The molecule has 2 amide bonds. The third-order valence-electron chi connectivity index (χ3n) is 5.06. The van der Waals surface area contributed by atoms with E-state index in [0.29, 0.717) is 6.54 Å². The van der Waals surface area contributed by atoms with Crippen LogP contribution >= 0.6 is 11.3 Å². The quantitative estimate of drug-likeness (QED) is 0.825. The molecular weight excluding hydrogens is 338 g/mol. The van der Waals surface area contributed by atoms with E-state index in [4.69, 9.17) is 4.74 Å². The molecule has 7 heteroatoms. The third-order valence-corrected chi connectivity index (χ3v) is 5.92. The van der Waals surface area contributed by atoms with Crippen LogP contribution in [0.15, 0.2) is 17.5 Å². The summed E-state index contributed by atoms with van der Waals surface area (Å²) >= 11 is 1.78. The number of carbonyl (C=O) groups excluding carboxylic acids is 2. The van der Waals surface area contributed by atoms with Crippen LogP contribution in [0.3, 0.4) is 0 Å². The predicted molar refractivity (Wildman–Crippen MR) is 97.5 cm³/mol. The normalized spacial score (nSPS) is 22.5. The Kier molecular flexibility index (Phi) is 6.31. The second-order valence-corrected chi connectivity index (χ2v) is 7.74. The molecule has 3 heterocycles. The van der Waals surface area contributed by atoms with Crippen molar-refractivity contribution in [1.82, 2.24) is 14.7 Å². The van der Waals surface area contributed by atoms with Gasteiger partial charge in [-0.3, -0.25) is 14.6 Å².